The zero-order valence-corrected chi connectivity index (χ0v) is 15.2. The Morgan fingerprint density at radius 1 is 1.31 bits per heavy atom. The molecule has 0 heterocycles. The third-order valence-electron chi connectivity index (χ3n) is 3.72. The van der Waals surface area contributed by atoms with Gasteiger partial charge in [-0.2, -0.15) is 0 Å². The van der Waals surface area contributed by atoms with Crippen LogP contribution < -0.4 is 16.4 Å². The first-order chi connectivity index (χ1) is 12.5. The number of amides is 2. The molecule has 5 N–H and O–H groups in total. The van der Waals surface area contributed by atoms with Crippen molar-refractivity contribution in [2.75, 3.05) is 13.2 Å². The van der Waals surface area contributed by atoms with E-state index in [1.807, 2.05) is 24.3 Å². The molecule has 1 rings (SSSR count). The van der Waals surface area contributed by atoms with E-state index in [0.29, 0.717) is 18.5 Å². The Bertz CT molecular complexity index is 614. The highest BCUT2D eigenvalue weighted by Crippen LogP contribution is 2.07. The SMILES string of the molecule is C=CCC(NC(=O)NCCCCc1ccc(C(=N)N)cc1)C(=O)OCC. The van der Waals surface area contributed by atoms with Crippen molar-refractivity contribution in [2.45, 2.75) is 38.6 Å². The summed E-state index contributed by atoms with van der Waals surface area (Å²) in [7, 11) is 0. The van der Waals surface area contributed by atoms with E-state index < -0.39 is 18.0 Å². The number of amidine groups is 1. The van der Waals surface area contributed by atoms with Gasteiger partial charge in [0.25, 0.3) is 0 Å². The average Bonchev–Trinajstić information content (AvgIpc) is 2.61. The first-order valence-corrected chi connectivity index (χ1v) is 8.73. The quantitative estimate of drug-likeness (QED) is 0.159. The molecule has 0 fully saturated rings. The van der Waals surface area contributed by atoms with E-state index >= 15 is 0 Å². The third kappa shape index (κ3) is 7.83. The van der Waals surface area contributed by atoms with E-state index in [0.717, 1.165) is 24.8 Å². The number of urea groups is 1. The van der Waals surface area contributed by atoms with Crippen LogP contribution in [0.3, 0.4) is 0 Å². The van der Waals surface area contributed by atoms with Gasteiger partial charge >= 0.3 is 12.0 Å². The van der Waals surface area contributed by atoms with Crippen LogP contribution in [-0.2, 0) is 16.0 Å². The van der Waals surface area contributed by atoms with Crippen LogP contribution in [0.15, 0.2) is 36.9 Å². The van der Waals surface area contributed by atoms with Crippen LogP contribution in [0.2, 0.25) is 0 Å². The number of nitrogen functional groups attached to an aromatic ring is 1. The van der Waals surface area contributed by atoms with Crippen LogP contribution in [0.5, 0.6) is 0 Å². The second-order valence-electron chi connectivity index (χ2n) is 5.80. The van der Waals surface area contributed by atoms with Crippen LogP contribution >= 0.6 is 0 Å². The fraction of sp³-hybridized carbons (Fsp3) is 0.421. The monoisotopic (exact) mass is 360 g/mol. The Balaban J connectivity index is 2.27. The maximum Gasteiger partial charge on any atom is 0.329 e. The second kappa shape index (κ2) is 11.7. The minimum Gasteiger partial charge on any atom is -0.464 e. The van der Waals surface area contributed by atoms with E-state index in [1.54, 1.807) is 13.0 Å². The molecule has 0 aliphatic rings. The number of rotatable bonds is 11. The van der Waals surface area contributed by atoms with Gasteiger partial charge in [-0.3, -0.25) is 5.41 Å². The Hall–Kier alpha value is -2.83. The highest BCUT2D eigenvalue weighted by molar-refractivity contribution is 5.94. The van der Waals surface area contributed by atoms with Crippen molar-refractivity contribution in [3.63, 3.8) is 0 Å². The molecule has 0 saturated carbocycles. The minimum atomic E-state index is -0.716. The van der Waals surface area contributed by atoms with Crippen LogP contribution in [0, 0.1) is 5.41 Å². The summed E-state index contributed by atoms with van der Waals surface area (Å²) >= 11 is 0. The molecule has 1 aromatic carbocycles. The predicted molar refractivity (Wildman–Crippen MR) is 102 cm³/mol. The minimum absolute atomic E-state index is 0.0596. The number of hydrogen-bond acceptors (Lipinski definition) is 4. The lowest BCUT2D eigenvalue weighted by Gasteiger charge is -2.16. The number of hydrogen-bond donors (Lipinski definition) is 4. The van der Waals surface area contributed by atoms with E-state index in [1.165, 1.54) is 0 Å². The van der Waals surface area contributed by atoms with Gasteiger partial charge < -0.3 is 21.1 Å². The molecule has 0 radical (unpaired) electrons. The summed E-state index contributed by atoms with van der Waals surface area (Å²) in [6.45, 7) is 6.08. The lowest BCUT2D eigenvalue weighted by molar-refractivity contribution is -0.145. The zero-order valence-electron chi connectivity index (χ0n) is 15.2. The maximum absolute atomic E-state index is 11.9. The van der Waals surface area contributed by atoms with Crippen LogP contribution in [-0.4, -0.2) is 37.0 Å². The van der Waals surface area contributed by atoms with Crippen molar-refractivity contribution >= 4 is 17.8 Å². The number of aryl methyl sites for hydroxylation is 1. The molecule has 2 amide bonds. The summed E-state index contributed by atoms with van der Waals surface area (Å²) in [5.74, 6) is -0.402. The Morgan fingerprint density at radius 3 is 2.58 bits per heavy atom. The smallest absolute Gasteiger partial charge is 0.329 e. The van der Waals surface area contributed by atoms with Crippen molar-refractivity contribution in [2.24, 2.45) is 5.73 Å². The third-order valence-corrected chi connectivity index (χ3v) is 3.72. The van der Waals surface area contributed by atoms with Gasteiger partial charge in [0.2, 0.25) is 0 Å². The number of carbonyl (C=O) groups excluding carboxylic acids is 2. The Morgan fingerprint density at radius 2 is 2.00 bits per heavy atom. The standard InChI is InChI=1S/C19H28N4O3/c1-3-7-16(18(24)26-4-2)23-19(25)22-13-6-5-8-14-9-11-15(12-10-14)17(20)21/h3,9-12,16H,1,4-8,13H2,2H3,(H3,20,21)(H2,22,23,25). The van der Waals surface area contributed by atoms with Crippen molar-refractivity contribution < 1.29 is 14.3 Å². The van der Waals surface area contributed by atoms with Crippen molar-refractivity contribution in [3.8, 4) is 0 Å². The summed E-state index contributed by atoms with van der Waals surface area (Å²) < 4.78 is 4.92. The van der Waals surface area contributed by atoms with Gasteiger partial charge in [-0.05, 0) is 38.2 Å². The van der Waals surface area contributed by atoms with Gasteiger partial charge in [0.05, 0.1) is 6.61 Å². The fourth-order valence-corrected chi connectivity index (χ4v) is 2.34. The number of nitrogens with one attached hydrogen (secondary N) is 3. The van der Waals surface area contributed by atoms with Gasteiger partial charge in [-0.15, -0.1) is 6.58 Å². The summed E-state index contributed by atoms with van der Waals surface area (Å²) in [6, 6.07) is 6.46. The summed E-state index contributed by atoms with van der Waals surface area (Å²) in [4.78, 5) is 23.6. The molecular formula is C19H28N4O3. The van der Waals surface area contributed by atoms with Crippen molar-refractivity contribution in [1.82, 2.24) is 10.6 Å². The van der Waals surface area contributed by atoms with E-state index in [4.69, 9.17) is 15.9 Å². The lowest BCUT2D eigenvalue weighted by Crippen LogP contribution is -2.46. The molecule has 26 heavy (non-hydrogen) atoms. The predicted octanol–water partition coefficient (Wildman–Crippen LogP) is 2.10. The van der Waals surface area contributed by atoms with Crippen molar-refractivity contribution in [3.05, 3.63) is 48.0 Å². The Kier molecular flexibility index (Phi) is 9.53. The number of nitrogens with two attached hydrogens (primary N) is 1. The molecule has 142 valence electrons. The van der Waals surface area contributed by atoms with Gasteiger partial charge in [0, 0.05) is 12.1 Å². The molecule has 0 aliphatic heterocycles. The molecule has 0 saturated heterocycles. The van der Waals surface area contributed by atoms with Gasteiger partial charge in [-0.25, -0.2) is 9.59 Å². The molecule has 7 heteroatoms. The zero-order chi connectivity index (χ0) is 19.4. The van der Waals surface area contributed by atoms with E-state index in [-0.39, 0.29) is 12.4 Å². The summed E-state index contributed by atoms with van der Waals surface area (Å²) in [5, 5.41) is 12.7. The Labute approximate surface area is 154 Å². The molecule has 1 unspecified atom stereocenters. The molecule has 0 aromatic heterocycles. The van der Waals surface area contributed by atoms with Crippen LogP contribution in [0.4, 0.5) is 4.79 Å². The lowest BCUT2D eigenvalue weighted by atomic mass is 10.1. The number of ether oxygens (including phenoxy) is 1. The maximum atomic E-state index is 11.9. The molecule has 0 aliphatic carbocycles. The van der Waals surface area contributed by atoms with Gasteiger partial charge in [0.15, 0.2) is 0 Å². The summed E-state index contributed by atoms with van der Waals surface area (Å²) in [5.41, 5.74) is 7.29. The van der Waals surface area contributed by atoms with Crippen molar-refractivity contribution in [1.29, 1.82) is 5.41 Å². The number of benzene rings is 1. The molecular weight excluding hydrogens is 332 g/mol. The molecule has 7 nitrogen and oxygen atoms in total. The van der Waals surface area contributed by atoms with E-state index in [2.05, 4.69) is 17.2 Å². The molecule has 0 bridgehead atoms. The number of carbonyl (C=O) groups is 2. The molecule has 1 atom stereocenters. The number of unbranched alkanes of at least 4 members (excludes halogenated alkanes) is 1. The van der Waals surface area contributed by atoms with Gasteiger partial charge in [-0.1, -0.05) is 30.3 Å². The normalized spacial score (nSPS) is 11.3. The summed E-state index contributed by atoms with van der Waals surface area (Å²) in [6.07, 6.45) is 4.49. The largest absolute Gasteiger partial charge is 0.464 e. The average molecular weight is 360 g/mol. The number of esters is 1. The van der Waals surface area contributed by atoms with Crippen LogP contribution in [0.1, 0.15) is 37.3 Å². The van der Waals surface area contributed by atoms with Crippen LogP contribution in [0.25, 0.3) is 0 Å². The molecule has 1 aromatic rings. The van der Waals surface area contributed by atoms with Gasteiger partial charge in [0.1, 0.15) is 11.9 Å². The second-order valence-corrected chi connectivity index (χ2v) is 5.80. The topological polar surface area (TPSA) is 117 Å². The van der Waals surface area contributed by atoms with E-state index in [9.17, 15) is 9.59 Å². The first kappa shape index (κ1) is 21.2. The fourth-order valence-electron chi connectivity index (χ4n) is 2.34. The highest BCUT2D eigenvalue weighted by Gasteiger charge is 2.20. The molecule has 0 spiro atoms. The highest BCUT2D eigenvalue weighted by atomic mass is 16.5. The first-order valence-electron chi connectivity index (χ1n) is 8.73.